The van der Waals surface area contributed by atoms with E-state index in [2.05, 4.69) is 25.7 Å². The third kappa shape index (κ3) is 1.97. The van der Waals surface area contributed by atoms with Crippen molar-refractivity contribution in [3.63, 3.8) is 0 Å². The van der Waals surface area contributed by atoms with E-state index in [9.17, 15) is 0 Å². The minimum Gasteiger partial charge on any atom is -0.396 e. The first-order valence-electron chi connectivity index (χ1n) is 4.59. The molecule has 1 N–H and O–H groups in total. The van der Waals surface area contributed by atoms with Gasteiger partial charge in [0.2, 0.25) is 0 Å². The topological polar surface area (TPSA) is 32.7 Å². The van der Waals surface area contributed by atoms with E-state index >= 15 is 0 Å². The van der Waals surface area contributed by atoms with Crippen molar-refractivity contribution in [1.29, 1.82) is 0 Å². The van der Waals surface area contributed by atoms with E-state index in [0.717, 1.165) is 19.6 Å². The molecular weight excluding hydrogens is 154 g/mol. The summed E-state index contributed by atoms with van der Waals surface area (Å²) in [5.74, 6) is 0. The molecule has 72 valence electrons. The fraction of sp³-hybridized carbons (Fsp3) is 1.00. The van der Waals surface area contributed by atoms with E-state index in [4.69, 9.17) is 9.84 Å². The van der Waals surface area contributed by atoms with E-state index in [1.807, 2.05) is 0 Å². The molecule has 1 saturated heterocycles. The Morgan fingerprint density at radius 3 is 2.67 bits per heavy atom. The number of aliphatic hydroxyl groups excluding tert-OH is 1. The van der Waals surface area contributed by atoms with Crippen molar-refractivity contribution in [1.82, 2.24) is 4.90 Å². The highest BCUT2D eigenvalue weighted by atomic mass is 16.5. The fourth-order valence-corrected chi connectivity index (χ4v) is 1.76. The third-order valence-corrected chi connectivity index (χ3v) is 2.46. The summed E-state index contributed by atoms with van der Waals surface area (Å²) < 4.78 is 5.61. The molecule has 1 aliphatic rings. The summed E-state index contributed by atoms with van der Waals surface area (Å²) in [7, 11) is 0. The van der Waals surface area contributed by atoms with Gasteiger partial charge < -0.3 is 9.84 Å². The van der Waals surface area contributed by atoms with Crippen LogP contribution in [0.5, 0.6) is 0 Å². The number of rotatable bonds is 3. The average Bonchev–Trinajstić information content (AvgIpc) is 2.24. The summed E-state index contributed by atoms with van der Waals surface area (Å²) in [6, 6.07) is 0.478. The van der Waals surface area contributed by atoms with Gasteiger partial charge in [0.15, 0.2) is 0 Å². The highest BCUT2D eigenvalue weighted by Gasteiger charge is 2.37. The maximum atomic E-state index is 8.72. The summed E-state index contributed by atoms with van der Waals surface area (Å²) in [5.41, 5.74) is -0.144. The second kappa shape index (κ2) is 3.73. The normalized spacial score (nSPS) is 29.5. The Kier molecular flexibility index (Phi) is 3.09. The van der Waals surface area contributed by atoms with Crippen LogP contribution in [-0.4, -0.2) is 41.5 Å². The summed E-state index contributed by atoms with van der Waals surface area (Å²) in [6.45, 7) is 8.30. The van der Waals surface area contributed by atoms with Crippen molar-refractivity contribution in [2.75, 3.05) is 19.8 Å². The molecule has 3 heteroatoms. The average molecular weight is 173 g/mol. The maximum absolute atomic E-state index is 8.72. The van der Waals surface area contributed by atoms with Crippen molar-refractivity contribution < 1.29 is 9.84 Å². The van der Waals surface area contributed by atoms with E-state index in [1.54, 1.807) is 0 Å². The highest BCUT2D eigenvalue weighted by Crippen LogP contribution is 2.26. The number of hydrogen-bond acceptors (Lipinski definition) is 3. The van der Waals surface area contributed by atoms with Gasteiger partial charge >= 0.3 is 0 Å². The van der Waals surface area contributed by atoms with Gasteiger partial charge in [0.05, 0.1) is 6.61 Å². The summed E-state index contributed by atoms with van der Waals surface area (Å²) in [6.07, 6.45) is 0.830. The fourth-order valence-electron chi connectivity index (χ4n) is 1.76. The molecule has 0 amide bonds. The van der Waals surface area contributed by atoms with Crippen LogP contribution in [0.4, 0.5) is 0 Å². The minimum absolute atomic E-state index is 0.144. The van der Waals surface area contributed by atoms with Crippen molar-refractivity contribution in [3.05, 3.63) is 0 Å². The van der Waals surface area contributed by atoms with Crippen LogP contribution in [0.2, 0.25) is 0 Å². The van der Waals surface area contributed by atoms with Gasteiger partial charge in [-0.05, 0) is 27.2 Å². The van der Waals surface area contributed by atoms with Crippen LogP contribution >= 0.6 is 0 Å². The molecule has 1 heterocycles. The number of ether oxygens (including phenoxy) is 1. The lowest BCUT2D eigenvalue weighted by Gasteiger charge is -2.32. The monoisotopic (exact) mass is 173 g/mol. The van der Waals surface area contributed by atoms with E-state index < -0.39 is 0 Å². The second-order valence-corrected chi connectivity index (χ2v) is 3.88. The standard InChI is InChI=1S/C9H19NO2/c1-8-7-12-9(2,3)10(8)5-4-6-11/h8,11H,4-7H2,1-3H3. The first-order chi connectivity index (χ1) is 5.58. The first-order valence-corrected chi connectivity index (χ1v) is 4.59. The zero-order chi connectivity index (χ0) is 9.19. The van der Waals surface area contributed by atoms with Crippen molar-refractivity contribution >= 4 is 0 Å². The van der Waals surface area contributed by atoms with Gasteiger partial charge in [0.1, 0.15) is 5.72 Å². The maximum Gasteiger partial charge on any atom is 0.116 e. The van der Waals surface area contributed by atoms with Crippen LogP contribution in [0, 0.1) is 0 Å². The Hall–Kier alpha value is -0.120. The molecule has 1 atom stereocenters. The molecule has 1 rings (SSSR count). The Balaban J connectivity index is 2.47. The Morgan fingerprint density at radius 2 is 2.25 bits per heavy atom. The van der Waals surface area contributed by atoms with Crippen LogP contribution in [0.15, 0.2) is 0 Å². The molecule has 1 aliphatic heterocycles. The molecule has 0 saturated carbocycles. The quantitative estimate of drug-likeness (QED) is 0.686. The van der Waals surface area contributed by atoms with Crippen LogP contribution in [0.3, 0.4) is 0 Å². The summed E-state index contributed by atoms with van der Waals surface area (Å²) >= 11 is 0. The van der Waals surface area contributed by atoms with Crippen LogP contribution < -0.4 is 0 Å². The van der Waals surface area contributed by atoms with Crippen molar-refractivity contribution in [2.24, 2.45) is 0 Å². The van der Waals surface area contributed by atoms with Crippen LogP contribution in [0.1, 0.15) is 27.2 Å². The van der Waals surface area contributed by atoms with Gasteiger partial charge in [-0.3, -0.25) is 4.90 Å². The molecule has 0 spiro atoms. The van der Waals surface area contributed by atoms with Gasteiger partial charge in [-0.2, -0.15) is 0 Å². The molecule has 1 fully saturated rings. The molecule has 0 aromatic rings. The predicted octanol–water partition coefficient (Wildman–Crippen LogP) is 0.826. The minimum atomic E-state index is -0.144. The summed E-state index contributed by atoms with van der Waals surface area (Å²) in [5, 5.41) is 8.72. The van der Waals surface area contributed by atoms with E-state index in [1.165, 1.54) is 0 Å². The Morgan fingerprint density at radius 1 is 1.58 bits per heavy atom. The van der Waals surface area contributed by atoms with Crippen molar-refractivity contribution in [3.8, 4) is 0 Å². The molecule has 0 radical (unpaired) electrons. The molecule has 1 unspecified atom stereocenters. The smallest absolute Gasteiger partial charge is 0.116 e. The molecule has 0 aliphatic carbocycles. The van der Waals surface area contributed by atoms with E-state index in [0.29, 0.717) is 6.04 Å². The zero-order valence-corrected chi connectivity index (χ0v) is 8.21. The Bertz CT molecular complexity index is 147. The number of aliphatic hydroxyl groups is 1. The highest BCUT2D eigenvalue weighted by molar-refractivity contribution is 4.83. The lowest BCUT2D eigenvalue weighted by molar-refractivity contribution is -0.0542. The number of hydrogen-bond donors (Lipinski definition) is 1. The van der Waals surface area contributed by atoms with Crippen LogP contribution in [-0.2, 0) is 4.74 Å². The van der Waals surface area contributed by atoms with Gasteiger partial charge in [-0.1, -0.05) is 0 Å². The lowest BCUT2D eigenvalue weighted by atomic mass is 10.2. The molecule has 3 nitrogen and oxygen atoms in total. The lowest BCUT2D eigenvalue weighted by Crippen LogP contribution is -2.43. The molecular formula is C9H19NO2. The Labute approximate surface area is 74.3 Å². The first kappa shape index (κ1) is 9.96. The molecule has 0 aromatic heterocycles. The van der Waals surface area contributed by atoms with Gasteiger partial charge in [-0.25, -0.2) is 0 Å². The van der Waals surface area contributed by atoms with Crippen molar-refractivity contribution in [2.45, 2.75) is 39.0 Å². The largest absolute Gasteiger partial charge is 0.396 e. The van der Waals surface area contributed by atoms with Gasteiger partial charge in [0, 0.05) is 19.2 Å². The van der Waals surface area contributed by atoms with Gasteiger partial charge in [-0.15, -0.1) is 0 Å². The predicted molar refractivity (Wildman–Crippen MR) is 47.9 cm³/mol. The van der Waals surface area contributed by atoms with Gasteiger partial charge in [0.25, 0.3) is 0 Å². The second-order valence-electron chi connectivity index (χ2n) is 3.88. The van der Waals surface area contributed by atoms with Crippen LogP contribution in [0.25, 0.3) is 0 Å². The molecule has 0 aromatic carbocycles. The summed E-state index contributed by atoms with van der Waals surface area (Å²) in [4.78, 5) is 2.29. The number of nitrogens with zero attached hydrogens (tertiary/aromatic N) is 1. The third-order valence-electron chi connectivity index (χ3n) is 2.46. The zero-order valence-electron chi connectivity index (χ0n) is 8.21. The molecule has 0 bridgehead atoms. The molecule has 12 heavy (non-hydrogen) atoms. The SMILES string of the molecule is CC1COC(C)(C)N1CCCO. The van der Waals surface area contributed by atoms with E-state index in [-0.39, 0.29) is 12.3 Å².